The Hall–Kier alpha value is -1.59. The average Bonchev–Trinajstić information content (AvgIpc) is 2.76. The Balaban J connectivity index is 1.46. The minimum Gasteiger partial charge on any atom is -0.382 e. The summed E-state index contributed by atoms with van der Waals surface area (Å²) in [5.74, 6) is 1.78. The van der Waals surface area contributed by atoms with Crippen LogP contribution >= 0.6 is 0 Å². The summed E-state index contributed by atoms with van der Waals surface area (Å²) in [4.78, 5) is 6.95. The highest BCUT2D eigenvalue weighted by Crippen LogP contribution is 2.21. The van der Waals surface area contributed by atoms with Crippen LogP contribution in [0.1, 0.15) is 51.0 Å². The molecule has 0 radical (unpaired) electrons. The van der Waals surface area contributed by atoms with Crippen LogP contribution < -0.4 is 10.6 Å². The molecule has 1 heterocycles. The Bertz CT molecular complexity index is 541. The number of rotatable bonds is 13. The van der Waals surface area contributed by atoms with Crippen LogP contribution in [0.2, 0.25) is 0 Å². The van der Waals surface area contributed by atoms with Crippen LogP contribution in [0.25, 0.3) is 0 Å². The molecule has 1 aromatic rings. The standard InChI is InChI=1S/C24H42N4O/c1-3-29-20-10-8-16-27-24(25-2)26-15-7-9-17-28-18-13-23(14-19-28)21-22-11-5-4-6-12-22/h4-6,11-12,23H,3,7-10,13-21H2,1-2H3,(H2,25,26,27). The van der Waals surface area contributed by atoms with Crippen LogP contribution in [0.5, 0.6) is 0 Å². The van der Waals surface area contributed by atoms with Crippen molar-refractivity contribution in [2.45, 2.75) is 51.9 Å². The minimum atomic E-state index is 0.808. The maximum atomic E-state index is 5.36. The number of hydrogen-bond acceptors (Lipinski definition) is 3. The summed E-state index contributed by atoms with van der Waals surface area (Å²) in [5, 5.41) is 6.82. The fourth-order valence-electron chi connectivity index (χ4n) is 3.93. The highest BCUT2D eigenvalue weighted by Gasteiger charge is 2.18. The first-order valence-corrected chi connectivity index (χ1v) is 11.6. The molecule has 0 aliphatic carbocycles. The third-order valence-corrected chi connectivity index (χ3v) is 5.70. The van der Waals surface area contributed by atoms with Gasteiger partial charge in [-0.1, -0.05) is 30.3 Å². The van der Waals surface area contributed by atoms with E-state index in [1.165, 1.54) is 57.3 Å². The van der Waals surface area contributed by atoms with Crippen LogP contribution in [0.4, 0.5) is 0 Å². The predicted molar refractivity (Wildman–Crippen MR) is 124 cm³/mol. The van der Waals surface area contributed by atoms with Gasteiger partial charge >= 0.3 is 0 Å². The second-order valence-electron chi connectivity index (χ2n) is 8.01. The lowest BCUT2D eigenvalue weighted by atomic mass is 9.90. The smallest absolute Gasteiger partial charge is 0.190 e. The monoisotopic (exact) mass is 402 g/mol. The van der Waals surface area contributed by atoms with Gasteiger partial charge in [0.25, 0.3) is 0 Å². The van der Waals surface area contributed by atoms with Crippen molar-refractivity contribution in [3.05, 3.63) is 35.9 Å². The quantitative estimate of drug-likeness (QED) is 0.300. The summed E-state index contributed by atoms with van der Waals surface area (Å²) in [7, 11) is 1.84. The molecule has 5 nitrogen and oxygen atoms in total. The van der Waals surface area contributed by atoms with Crippen LogP contribution in [0.15, 0.2) is 35.3 Å². The van der Waals surface area contributed by atoms with Gasteiger partial charge in [-0.25, -0.2) is 0 Å². The Morgan fingerprint density at radius 1 is 1.03 bits per heavy atom. The minimum absolute atomic E-state index is 0.808. The van der Waals surface area contributed by atoms with E-state index < -0.39 is 0 Å². The molecule has 1 aliphatic heterocycles. The number of ether oxygens (including phenoxy) is 1. The number of benzene rings is 1. The molecule has 1 aromatic carbocycles. The number of likely N-dealkylation sites (tertiary alicyclic amines) is 1. The summed E-state index contributed by atoms with van der Waals surface area (Å²) < 4.78 is 5.36. The summed E-state index contributed by atoms with van der Waals surface area (Å²) in [6.45, 7) is 9.39. The molecule has 0 aromatic heterocycles. The van der Waals surface area contributed by atoms with Crippen molar-refractivity contribution in [2.75, 3.05) is 53.0 Å². The van der Waals surface area contributed by atoms with Gasteiger partial charge in [0.1, 0.15) is 0 Å². The van der Waals surface area contributed by atoms with Gasteiger partial charge in [0.05, 0.1) is 0 Å². The molecular weight excluding hydrogens is 360 g/mol. The van der Waals surface area contributed by atoms with Gasteiger partial charge in [0.15, 0.2) is 5.96 Å². The Kier molecular flexibility index (Phi) is 12.5. The first kappa shape index (κ1) is 23.7. The van der Waals surface area contributed by atoms with Crippen molar-refractivity contribution >= 4 is 5.96 Å². The molecule has 0 spiro atoms. The second kappa shape index (κ2) is 15.3. The van der Waals surface area contributed by atoms with Crippen LogP contribution in [0.3, 0.4) is 0 Å². The summed E-state index contributed by atoms with van der Waals surface area (Å²) in [5.41, 5.74) is 1.49. The molecule has 29 heavy (non-hydrogen) atoms. The van der Waals surface area contributed by atoms with E-state index in [2.05, 4.69) is 50.9 Å². The zero-order valence-corrected chi connectivity index (χ0v) is 18.7. The zero-order valence-electron chi connectivity index (χ0n) is 18.7. The fourth-order valence-corrected chi connectivity index (χ4v) is 3.93. The third kappa shape index (κ3) is 10.7. The number of nitrogens with one attached hydrogen (secondary N) is 2. The molecule has 0 unspecified atom stereocenters. The predicted octanol–water partition coefficient (Wildman–Crippen LogP) is 3.70. The number of hydrogen-bond donors (Lipinski definition) is 2. The number of nitrogens with zero attached hydrogens (tertiary/aromatic N) is 2. The molecule has 2 N–H and O–H groups in total. The van der Waals surface area contributed by atoms with E-state index in [1.54, 1.807) is 0 Å². The van der Waals surface area contributed by atoms with Crippen molar-refractivity contribution in [3.8, 4) is 0 Å². The fraction of sp³-hybridized carbons (Fsp3) is 0.708. The Morgan fingerprint density at radius 3 is 2.38 bits per heavy atom. The van der Waals surface area contributed by atoms with Gasteiger partial charge in [0, 0.05) is 33.4 Å². The number of guanidine groups is 1. The van der Waals surface area contributed by atoms with Crippen molar-refractivity contribution in [1.29, 1.82) is 0 Å². The number of piperidine rings is 1. The first-order valence-electron chi connectivity index (χ1n) is 11.6. The lowest BCUT2D eigenvalue weighted by Gasteiger charge is -2.32. The molecule has 1 fully saturated rings. The van der Waals surface area contributed by atoms with Gasteiger partial charge in [-0.05, 0) is 83.0 Å². The van der Waals surface area contributed by atoms with Gasteiger partial charge in [-0.15, -0.1) is 0 Å². The third-order valence-electron chi connectivity index (χ3n) is 5.70. The highest BCUT2D eigenvalue weighted by molar-refractivity contribution is 5.79. The Labute approximate surface area is 178 Å². The average molecular weight is 403 g/mol. The van der Waals surface area contributed by atoms with Gasteiger partial charge in [0.2, 0.25) is 0 Å². The molecule has 1 aliphatic rings. The Morgan fingerprint density at radius 2 is 1.72 bits per heavy atom. The lowest BCUT2D eigenvalue weighted by Crippen LogP contribution is -2.38. The maximum absolute atomic E-state index is 5.36. The van der Waals surface area contributed by atoms with E-state index >= 15 is 0 Å². The highest BCUT2D eigenvalue weighted by atomic mass is 16.5. The SMILES string of the molecule is CCOCCCCNC(=NC)NCCCCN1CCC(Cc2ccccc2)CC1. The molecule has 0 saturated carbocycles. The van der Waals surface area contributed by atoms with E-state index in [0.717, 1.165) is 51.0 Å². The molecule has 0 atom stereocenters. The van der Waals surface area contributed by atoms with Crippen LogP contribution in [-0.4, -0.2) is 63.8 Å². The molecule has 1 saturated heterocycles. The van der Waals surface area contributed by atoms with Gasteiger partial charge in [-0.2, -0.15) is 0 Å². The molecular formula is C24H42N4O. The lowest BCUT2D eigenvalue weighted by molar-refractivity contribution is 0.143. The largest absolute Gasteiger partial charge is 0.382 e. The molecule has 5 heteroatoms. The van der Waals surface area contributed by atoms with Crippen LogP contribution in [-0.2, 0) is 11.2 Å². The second-order valence-corrected chi connectivity index (χ2v) is 8.01. The number of unbranched alkanes of at least 4 members (excludes halogenated alkanes) is 2. The van der Waals surface area contributed by atoms with Crippen molar-refractivity contribution in [1.82, 2.24) is 15.5 Å². The summed E-state index contributed by atoms with van der Waals surface area (Å²) in [6.07, 6.45) is 8.58. The van der Waals surface area contributed by atoms with Crippen LogP contribution in [0, 0.1) is 5.92 Å². The van der Waals surface area contributed by atoms with E-state index in [1.807, 2.05) is 14.0 Å². The maximum Gasteiger partial charge on any atom is 0.190 e. The molecule has 0 amide bonds. The van der Waals surface area contributed by atoms with E-state index in [9.17, 15) is 0 Å². The van der Waals surface area contributed by atoms with Crippen molar-refractivity contribution < 1.29 is 4.74 Å². The number of aliphatic imine (C=N–C) groups is 1. The summed E-state index contributed by atoms with van der Waals surface area (Å²) in [6, 6.07) is 11.0. The summed E-state index contributed by atoms with van der Waals surface area (Å²) >= 11 is 0. The zero-order chi connectivity index (χ0) is 20.6. The molecule has 0 bridgehead atoms. The van der Waals surface area contributed by atoms with Crippen molar-refractivity contribution in [3.63, 3.8) is 0 Å². The van der Waals surface area contributed by atoms with Crippen molar-refractivity contribution in [2.24, 2.45) is 10.9 Å². The topological polar surface area (TPSA) is 48.9 Å². The van der Waals surface area contributed by atoms with E-state index in [-0.39, 0.29) is 0 Å². The van der Waals surface area contributed by atoms with E-state index in [0.29, 0.717) is 0 Å². The van der Waals surface area contributed by atoms with Gasteiger partial charge < -0.3 is 20.3 Å². The van der Waals surface area contributed by atoms with E-state index in [4.69, 9.17) is 4.74 Å². The van der Waals surface area contributed by atoms with Gasteiger partial charge in [-0.3, -0.25) is 4.99 Å². The normalized spacial score (nSPS) is 16.1. The first-order chi connectivity index (χ1) is 14.3. The molecule has 164 valence electrons. The molecule has 2 rings (SSSR count).